The lowest BCUT2D eigenvalue weighted by molar-refractivity contribution is 0.0955. The maximum atomic E-state index is 12.4. The lowest BCUT2D eigenvalue weighted by Gasteiger charge is -2.36. The SMILES string of the molecule is C/C(=N/NC(=O)c1ccc(CN2CCN(c3ccccc3)CC2)cc1)c1ccccc1. The molecule has 0 atom stereocenters. The van der Waals surface area contributed by atoms with Gasteiger partial charge in [0.2, 0.25) is 0 Å². The third-order valence-electron chi connectivity index (χ3n) is 5.63. The minimum absolute atomic E-state index is 0.196. The molecule has 1 aliphatic rings. The largest absolute Gasteiger partial charge is 0.369 e. The number of nitrogens with one attached hydrogen (secondary N) is 1. The van der Waals surface area contributed by atoms with E-state index in [9.17, 15) is 4.79 Å². The molecule has 1 fully saturated rings. The zero-order valence-electron chi connectivity index (χ0n) is 17.9. The number of nitrogens with zero attached hydrogens (tertiary/aromatic N) is 3. The Hall–Kier alpha value is -3.44. The van der Waals surface area contributed by atoms with E-state index in [2.05, 4.69) is 50.7 Å². The first-order valence-corrected chi connectivity index (χ1v) is 10.7. The molecule has 1 aliphatic heterocycles. The highest BCUT2D eigenvalue weighted by molar-refractivity contribution is 6.00. The summed E-state index contributed by atoms with van der Waals surface area (Å²) in [7, 11) is 0. The number of carbonyl (C=O) groups excluding carboxylic acids is 1. The quantitative estimate of drug-likeness (QED) is 0.488. The van der Waals surface area contributed by atoms with E-state index in [1.807, 2.05) is 61.5 Å². The molecule has 0 aromatic heterocycles. The summed E-state index contributed by atoms with van der Waals surface area (Å²) in [5, 5.41) is 4.22. The number of rotatable bonds is 6. The highest BCUT2D eigenvalue weighted by atomic mass is 16.2. The van der Waals surface area contributed by atoms with Gasteiger partial charge in [-0.3, -0.25) is 9.69 Å². The van der Waals surface area contributed by atoms with Gasteiger partial charge in [0, 0.05) is 44.0 Å². The first kappa shape index (κ1) is 20.8. The fourth-order valence-electron chi connectivity index (χ4n) is 3.77. The van der Waals surface area contributed by atoms with Crippen molar-refractivity contribution in [1.82, 2.24) is 10.3 Å². The molecule has 1 heterocycles. The third-order valence-corrected chi connectivity index (χ3v) is 5.63. The summed E-state index contributed by atoms with van der Waals surface area (Å²) < 4.78 is 0. The summed E-state index contributed by atoms with van der Waals surface area (Å²) in [6.07, 6.45) is 0. The van der Waals surface area contributed by atoms with Crippen molar-refractivity contribution in [3.8, 4) is 0 Å². The molecule has 1 amide bonds. The van der Waals surface area contributed by atoms with Gasteiger partial charge < -0.3 is 4.90 Å². The summed E-state index contributed by atoms with van der Waals surface area (Å²) in [6.45, 7) is 6.91. The molecule has 5 nitrogen and oxygen atoms in total. The minimum Gasteiger partial charge on any atom is -0.369 e. The fraction of sp³-hybridized carbons (Fsp3) is 0.231. The van der Waals surface area contributed by atoms with Crippen molar-refractivity contribution in [2.75, 3.05) is 31.1 Å². The average Bonchev–Trinajstić information content (AvgIpc) is 2.84. The van der Waals surface area contributed by atoms with Crippen molar-refractivity contribution in [3.63, 3.8) is 0 Å². The van der Waals surface area contributed by atoms with Crippen molar-refractivity contribution < 1.29 is 4.79 Å². The second-order valence-electron chi connectivity index (χ2n) is 7.80. The average molecular weight is 413 g/mol. The standard InChI is InChI=1S/C26H28N4O/c1-21(23-8-4-2-5-9-23)27-28-26(31)24-14-12-22(13-15-24)20-29-16-18-30(19-17-29)25-10-6-3-7-11-25/h2-15H,16-20H2,1H3,(H,28,31)/b27-21-. The minimum atomic E-state index is -0.196. The van der Waals surface area contributed by atoms with Crippen LogP contribution in [0.1, 0.15) is 28.4 Å². The van der Waals surface area contributed by atoms with E-state index < -0.39 is 0 Å². The Balaban J connectivity index is 1.28. The molecule has 0 saturated carbocycles. The first-order valence-electron chi connectivity index (χ1n) is 10.7. The van der Waals surface area contributed by atoms with Crippen LogP contribution in [0, 0.1) is 0 Å². The number of benzene rings is 3. The van der Waals surface area contributed by atoms with Crippen LogP contribution in [-0.2, 0) is 6.54 Å². The molecule has 31 heavy (non-hydrogen) atoms. The molecule has 1 N–H and O–H groups in total. The predicted octanol–water partition coefficient (Wildman–Crippen LogP) is 4.16. The molecule has 0 unspecified atom stereocenters. The van der Waals surface area contributed by atoms with Gasteiger partial charge in [0.1, 0.15) is 0 Å². The number of hydrogen-bond donors (Lipinski definition) is 1. The molecule has 3 aromatic rings. The maximum Gasteiger partial charge on any atom is 0.271 e. The van der Waals surface area contributed by atoms with Crippen LogP contribution in [0.4, 0.5) is 5.69 Å². The third kappa shape index (κ3) is 5.58. The molecule has 1 saturated heterocycles. The Labute approximate surface area is 184 Å². The highest BCUT2D eigenvalue weighted by Gasteiger charge is 2.17. The lowest BCUT2D eigenvalue weighted by Crippen LogP contribution is -2.45. The van der Waals surface area contributed by atoms with Crippen molar-refractivity contribution in [2.45, 2.75) is 13.5 Å². The van der Waals surface area contributed by atoms with E-state index in [1.165, 1.54) is 11.3 Å². The van der Waals surface area contributed by atoms with Gasteiger partial charge in [-0.2, -0.15) is 5.10 Å². The van der Waals surface area contributed by atoms with Gasteiger partial charge in [-0.05, 0) is 42.3 Å². The Kier molecular flexibility index (Phi) is 6.75. The van der Waals surface area contributed by atoms with Gasteiger partial charge in [0.15, 0.2) is 0 Å². The Morgan fingerprint density at radius 1 is 0.806 bits per heavy atom. The number of amides is 1. The van der Waals surface area contributed by atoms with Gasteiger partial charge in [-0.25, -0.2) is 5.43 Å². The molecule has 0 radical (unpaired) electrons. The van der Waals surface area contributed by atoms with Crippen LogP contribution >= 0.6 is 0 Å². The molecule has 5 heteroatoms. The van der Waals surface area contributed by atoms with Crippen molar-refractivity contribution in [2.24, 2.45) is 5.10 Å². The molecular formula is C26H28N4O. The summed E-state index contributed by atoms with van der Waals surface area (Å²) in [5.41, 5.74) is 7.54. The van der Waals surface area contributed by atoms with Crippen LogP contribution in [0.2, 0.25) is 0 Å². The zero-order chi connectivity index (χ0) is 21.5. The Morgan fingerprint density at radius 3 is 2.06 bits per heavy atom. The summed E-state index contributed by atoms with van der Waals surface area (Å²) in [5.74, 6) is -0.196. The number of hydrogen-bond acceptors (Lipinski definition) is 4. The number of anilines is 1. The summed E-state index contributed by atoms with van der Waals surface area (Å²) >= 11 is 0. The van der Waals surface area contributed by atoms with Crippen LogP contribution in [0.3, 0.4) is 0 Å². The highest BCUT2D eigenvalue weighted by Crippen LogP contribution is 2.17. The maximum absolute atomic E-state index is 12.4. The molecule has 3 aromatic carbocycles. The molecule has 0 bridgehead atoms. The number of carbonyl (C=O) groups is 1. The first-order chi connectivity index (χ1) is 15.2. The number of para-hydroxylation sites is 1. The van der Waals surface area contributed by atoms with Crippen molar-refractivity contribution in [1.29, 1.82) is 0 Å². The Bertz CT molecular complexity index is 1010. The van der Waals surface area contributed by atoms with E-state index in [-0.39, 0.29) is 5.91 Å². The van der Waals surface area contributed by atoms with Crippen LogP contribution in [0.5, 0.6) is 0 Å². The van der Waals surface area contributed by atoms with Gasteiger partial charge in [-0.1, -0.05) is 60.7 Å². The topological polar surface area (TPSA) is 47.9 Å². The fourth-order valence-corrected chi connectivity index (χ4v) is 3.77. The van der Waals surface area contributed by atoms with Gasteiger partial charge in [0.25, 0.3) is 5.91 Å². The second-order valence-corrected chi connectivity index (χ2v) is 7.80. The van der Waals surface area contributed by atoms with Crippen LogP contribution < -0.4 is 10.3 Å². The summed E-state index contributed by atoms with van der Waals surface area (Å²) in [4.78, 5) is 17.3. The molecule has 0 aliphatic carbocycles. The zero-order valence-corrected chi connectivity index (χ0v) is 17.9. The molecule has 158 valence electrons. The number of piperazine rings is 1. The lowest BCUT2D eigenvalue weighted by atomic mass is 10.1. The van der Waals surface area contributed by atoms with Crippen LogP contribution in [0.25, 0.3) is 0 Å². The number of hydrazone groups is 1. The van der Waals surface area contributed by atoms with E-state index in [4.69, 9.17) is 0 Å². The van der Waals surface area contributed by atoms with Crippen LogP contribution in [0.15, 0.2) is 90.0 Å². The van der Waals surface area contributed by atoms with E-state index in [0.29, 0.717) is 5.56 Å². The molecule has 0 spiro atoms. The predicted molar refractivity (Wildman–Crippen MR) is 126 cm³/mol. The van der Waals surface area contributed by atoms with Crippen molar-refractivity contribution >= 4 is 17.3 Å². The summed E-state index contributed by atoms with van der Waals surface area (Å²) in [6, 6.07) is 28.2. The van der Waals surface area contributed by atoms with E-state index in [1.54, 1.807) is 0 Å². The van der Waals surface area contributed by atoms with Gasteiger partial charge >= 0.3 is 0 Å². The normalized spacial score (nSPS) is 15.0. The second kappa shape index (κ2) is 10.0. The smallest absolute Gasteiger partial charge is 0.271 e. The molecule has 4 rings (SSSR count). The monoisotopic (exact) mass is 412 g/mol. The Morgan fingerprint density at radius 2 is 1.42 bits per heavy atom. The van der Waals surface area contributed by atoms with E-state index in [0.717, 1.165) is 44.0 Å². The van der Waals surface area contributed by atoms with Gasteiger partial charge in [0.05, 0.1) is 5.71 Å². The van der Waals surface area contributed by atoms with Gasteiger partial charge in [-0.15, -0.1) is 0 Å². The van der Waals surface area contributed by atoms with Crippen LogP contribution in [-0.4, -0.2) is 42.7 Å². The van der Waals surface area contributed by atoms with Crippen molar-refractivity contribution in [3.05, 3.63) is 102 Å². The molecular weight excluding hydrogens is 384 g/mol. The van der Waals surface area contributed by atoms with E-state index >= 15 is 0 Å².